The van der Waals surface area contributed by atoms with E-state index in [2.05, 4.69) is 25.7 Å². The van der Waals surface area contributed by atoms with Crippen LogP contribution in [-0.2, 0) is 4.79 Å². The lowest BCUT2D eigenvalue weighted by atomic mass is 9.91. The molecule has 2 N–H and O–H groups in total. The van der Waals surface area contributed by atoms with Crippen molar-refractivity contribution in [3.63, 3.8) is 0 Å². The first-order valence-corrected chi connectivity index (χ1v) is 8.34. The highest BCUT2D eigenvalue weighted by molar-refractivity contribution is 5.95. The zero-order valence-corrected chi connectivity index (χ0v) is 14.0. The third-order valence-electron chi connectivity index (χ3n) is 4.55. The molecular formula is C18H29N3O. The van der Waals surface area contributed by atoms with E-state index in [1.54, 1.807) is 0 Å². The van der Waals surface area contributed by atoms with Crippen LogP contribution in [0.4, 0.5) is 5.69 Å². The lowest BCUT2D eigenvalue weighted by Crippen LogP contribution is -2.47. The van der Waals surface area contributed by atoms with Crippen molar-refractivity contribution >= 4 is 11.6 Å². The number of benzene rings is 1. The number of nitrogens with zero attached hydrogens (tertiary/aromatic N) is 2. The summed E-state index contributed by atoms with van der Waals surface area (Å²) in [6.45, 7) is 8.65. The predicted molar refractivity (Wildman–Crippen MR) is 91.9 cm³/mol. The number of piperidine rings is 1. The molecule has 1 aliphatic rings. The molecule has 1 saturated heterocycles. The Hall–Kier alpha value is -1.39. The van der Waals surface area contributed by atoms with Crippen LogP contribution < -0.4 is 10.6 Å². The highest BCUT2D eigenvalue weighted by atomic mass is 16.2. The molecule has 0 saturated carbocycles. The second-order valence-corrected chi connectivity index (χ2v) is 6.67. The third-order valence-corrected chi connectivity index (χ3v) is 4.55. The van der Waals surface area contributed by atoms with Gasteiger partial charge in [-0.1, -0.05) is 18.2 Å². The number of hydrogen-bond acceptors (Lipinski definition) is 3. The van der Waals surface area contributed by atoms with E-state index >= 15 is 0 Å². The normalized spacial score (nSPS) is 18.4. The molecule has 0 radical (unpaired) electrons. The highest BCUT2D eigenvalue weighted by Crippen LogP contribution is 2.21. The molecule has 0 bridgehead atoms. The Balaban J connectivity index is 1.95. The van der Waals surface area contributed by atoms with E-state index in [0.29, 0.717) is 12.5 Å². The molecule has 22 heavy (non-hydrogen) atoms. The summed E-state index contributed by atoms with van der Waals surface area (Å²) in [5.74, 6) is 0.780. The van der Waals surface area contributed by atoms with Crippen LogP contribution in [0, 0.1) is 5.92 Å². The van der Waals surface area contributed by atoms with Crippen molar-refractivity contribution in [1.29, 1.82) is 0 Å². The smallest absolute Gasteiger partial charge is 0.241 e. The van der Waals surface area contributed by atoms with Gasteiger partial charge < -0.3 is 10.6 Å². The summed E-state index contributed by atoms with van der Waals surface area (Å²) in [5, 5.41) is 0. The van der Waals surface area contributed by atoms with Gasteiger partial charge in [-0.2, -0.15) is 0 Å². The number of carbonyl (C=O) groups is 1. The van der Waals surface area contributed by atoms with E-state index in [0.717, 1.165) is 31.6 Å². The second-order valence-electron chi connectivity index (χ2n) is 6.67. The zero-order valence-electron chi connectivity index (χ0n) is 14.0. The Kier molecular flexibility index (Phi) is 5.98. The van der Waals surface area contributed by atoms with Crippen molar-refractivity contribution in [2.24, 2.45) is 11.7 Å². The second kappa shape index (κ2) is 7.75. The van der Waals surface area contributed by atoms with E-state index in [4.69, 9.17) is 5.73 Å². The molecule has 4 heteroatoms. The lowest BCUT2D eigenvalue weighted by molar-refractivity contribution is -0.120. The first-order chi connectivity index (χ1) is 10.5. The van der Waals surface area contributed by atoms with Crippen molar-refractivity contribution in [3.8, 4) is 0 Å². The van der Waals surface area contributed by atoms with E-state index in [1.165, 1.54) is 0 Å². The fourth-order valence-corrected chi connectivity index (χ4v) is 3.22. The van der Waals surface area contributed by atoms with Crippen molar-refractivity contribution in [3.05, 3.63) is 30.3 Å². The fraction of sp³-hybridized carbons (Fsp3) is 0.611. The van der Waals surface area contributed by atoms with Crippen LogP contribution in [0.5, 0.6) is 0 Å². The number of carbonyl (C=O) groups excluding carboxylic acids is 1. The SMILES string of the molecule is CC(N)C1CCN(CC(=O)N(c2ccccc2)C(C)C)CC1. The predicted octanol–water partition coefficient (Wildman–Crippen LogP) is 2.49. The molecular weight excluding hydrogens is 274 g/mol. The van der Waals surface area contributed by atoms with Crippen molar-refractivity contribution in [1.82, 2.24) is 4.90 Å². The van der Waals surface area contributed by atoms with E-state index in [-0.39, 0.29) is 18.0 Å². The summed E-state index contributed by atoms with van der Waals surface area (Å²) in [4.78, 5) is 16.9. The van der Waals surface area contributed by atoms with Crippen LogP contribution >= 0.6 is 0 Å². The van der Waals surface area contributed by atoms with Crippen molar-refractivity contribution < 1.29 is 4.79 Å². The number of nitrogens with two attached hydrogens (primary N) is 1. The number of para-hydroxylation sites is 1. The summed E-state index contributed by atoms with van der Waals surface area (Å²) >= 11 is 0. The molecule has 2 rings (SSSR count). The number of amides is 1. The molecule has 1 aromatic carbocycles. The van der Waals surface area contributed by atoms with Gasteiger partial charge in [0.2, 0.25) is 5.91 Å². The molecule has 1 atom stereocenters. The Morgan fingerprint density at radius 1 is 1.23 bits per heavy atom. The number of rotatable bonds is 5. The maximum atomic E-state index is 12.7. The van der Waals surface area contributed by atoms with E-state index in [1.807, 2.05) is 35.2 Å². The molecule has 0 spiro atoms. The minimum absolute atomic E-state index is 0.163. The van der Waals surface area contributed by atoms with E-state index < -0.39 is 0 Å². The first kappa shape index (κ1) is 17.0. The standard InChI is InChI=1S/C18H29N3O/c1-14(2)21(17-7-5-4-6-8-17)18(22)13-20-11-9-16(10-12-20)15(3)19/h4-8,14-16H,9-13,19H2,1-3H3. The Labute approximate surface area is 134 Å². The van der Waals surface area contributed by atoms with Gasteiger partial charge in [0.1, 0.15) is 0 Å². The number of anilines is 1. The average Bonchev–Trinajstić information content (AvgIpc) is 2.48. The van der Waals surface area contributed by atoms with Crippen LogP contribution in [0.2, 0.25) is 0 Å². The average molecular weight is 303 g/mol. The topological polar surface area (TPSA) is 49.6 Å². The van der Waals surface area contributed by atoms with Gasteiger partial charge in [0.25, 0.3) is 0 Å². The molecule has 1 aliphatic heterocycles. The molecule has 1 unspecified atom stereocenters. The summed E-state index contributed by atoms with van der Waals surface area (Å²) in [6, 6.07) is 10.4. The van der Waals surface area contributed by atoms with Crippen molar-refractivity contribution in [2.45, 2.75) is 45.7 Å². The zero-order chi connectivity index (χ0) is 16.1. The first-order valence-electron chi connectivity index (χ1n) is 8.34. The fourth-order valence-electron chi connectivity index (χ4n) is 3.22. The van der Waals surface area contributed by atoms with Gasteiger partial charge in [0.05, 0.1) is 6.54 Å². The van der Waals surface area contributed by atoms with Gasteiger partial charge in [0.15, 0.2) is 0 Å². The van der Waals surface area contributed by atoms with Gasteiger partial charge in [0, 0.05) is 17.8 Å². The molecule has 1 amide bonds. The van der Waals surface area contributed by atoms with Gasteiger partial charge in [-0.05, 0) is 64.8 Å². The molecule has 0 aliphatic carbocycles. The Morgan fingerprint density at radius 3 is 2.32 bits per heavy atom. The van der Waals surface area contributed by atoms with Crippen LogP contribution in [0.25, 0.3) is 0 Å². The molecule has 122 valence electrons. The molecule has 4 nitrogen and oxygen atoms in total. The van der Waals surface area contributed by atoms with E-state index in [9.17, 15) is 4.79 Å². The van der Waals surface area contributed by atoms with Gasteiger partial charge in [-0.3, -0.25) is 9.69 Å². The number of hydrogen-bond donors (Lipinski definition) is 1. The maximum absolute atomic E-state index is 12.7. The lowest BCUT2D eigenvalue weighted by Gasteiger charge is -2.35. The number of likely N-dealkylation sites (tertiary alicyclic amines) is 1. The summed E-state index contributed by atoms with van der Waals surface area (Å²) in [6.07, 6.45) is 2.19. The van der Waals surface area contributed by atoms with Gasteiger partial charge in [-0.15, -0.1) is 0 Å². The maximum Gasteiger partial charge on any atom is 0.241 e. The van der Waals surface area contributed by atoms with Crippen LogP contribution in [0.3, 0.4) is 0 Å². The van der Waals surface area contributed by atoms with Crippen LogP contribution in [0.15, 0.2) is 30.3 Å². The highest BCUT2D eigenvalue weighted by Gasteiger charge is 2.26. The largest absolute Gasteiger partial charge is 0.328 e. The quantitative estimate of drug-likeness (QED) is 0.909. The Morgan fingerprint density at radius 2 is 1.82 bits per heavy atom. The summed E-state index contributed by atoms with van der Waals surface area (Å²) in [7, 11) is 0. The van der Waals surface area contributed by atoms with Crippen LogP contribution in [0.1, 0.15) is 33.6 Å². The molecule has 0 aromatic heterocycles. The monoisotopic (exact) mass is 303 g/mol. The van der Waals surface area contributed by atoms with Crippen LogP contribution in [-0.4, -0.2) is 42.5 Å². The minimum atomic E-state index is 0.163. The molecule has 1 fully saturated rings. The van der Waals surface area contributed by atoms with Crippen molar-refractivity contribution in [2.75, 3.05) is 24.5 Å². The minimum Gasteiger partial charge on any atom is -0.328 e. The third kappa shape index (κ3) is 4.31. The molecule has 1 aromatic rings. The van der Waals surface area contributed by atoms with Gasteiger partial charge >= 0.3 is 0 Å². The summed E-state index contributed by atoms with van der Waals surface area (Å²) in [5.41, 5.74) is 6.96. The van der Waals surface area contributed by atoms with Gasteiger partial charge in [-0.25, -0.2) is 0 Å². The summed E-state index contributed by atoms with van der Waals surface area (Å²) < 4.78 is 0. The molecule has 1 heterocycles. The Bertz CT molecular complexity index is 464.